The van der Waals surface area contributed by atoms with Crippen LogP contribution in [0.1, 0.15) is 39.5 Å². The molecule has 1 rings (SSSR count). The number of carbonyl (C=O) groups is 2. The Morgan fingerprint density at radius 3 is 2.33 bits per heavy atom. The molecule has 0 saturated heterocycles. The summed E-state index contributed by atoms with van der Waals surface area (Å²) in [5.41, 5.74) is 0. The first-order chi connectivity index (χ1) is 9.88. The number of hydrogen-bond donors (Lipinski definition) is 0. The zero-order valence-electron chi connectivity index (χ0n) is 12.2. The molecule has 0 aromatic heterocycles. The first-order valence-corrected chi connectivity index (χ1v) is 8.35. The van der Waals surface area contributed by atoms with Crippen molar-refractivity contribution in [2.45, 2.75) is 44.4 Å². The van der Waals surface area contributed by atoms with E-state index in [9.17, 15) is 18.0 Å². The highest BCUT2D eigenvalue weighted by Gasteiger charge is 2.28. The molecular weight excluding hydrogens is 292 g/mol. The van der Waals surface area contributed by atoms with E-state index in [0.29, 0.717) is 6.42 Å². The summed E-state index contributed by atoms with van der Waals surface area (Å²) in [5.74, 6) is -2.39. The van der Waals surface area contributed by atoms with E-state index >= 15 is 0 Å². The predicted octanol–water partition coefficient (Wildman–Crippen LogP) is 2.70. The standard InChI is InChI=1S/C15H20O5S/c1-3-4-6-11-14(16)12(2)15(17)20-21(18,19)13-9-7-5-8-10-13/h5,7-10,12H,3-4,6,11H2,1-2H3. The summed E-state index contributed by atoms with van der Waals surface area (Å²) in [4.78, 5) is 23.5. The molecule has 0 aliphatic rings. The van der Waals surface area contributed by atoms with Crippen molar-refractivity contribution >= 4 is 21.9 Å². The molecule has 116 valence electrons. The third-order valence-electron chi connectivity index (χ3n) is 3.09. The number of benzene rings is 1. The van der Waals surface area contributed by atoms with Gasteiger partial charge in [0.25, 0.3) is 0 Å². The van der Waals surface area contributed by atoms with Crippen molar-refractivity contribution < 1.29 is 22.2 Å². The van der Waals surface area contributed by atoms with Gasteiger partial charge in [-0.15, -0.1) is 0 Å². The van der Waals surface area contributed by atoms with E-state index in [0.717, 1.165) is 12.8 Å². The lowest BCUT2D eigenvalue weighted by atomic mass is 10.0. The lowest BCUT2D eigenvalue weighted by Gasteiger charge is -2.10. The zero-order chi connectivity index (χ0) is 15.9. The summed E-state index contributed by atoms with van der Waals surface area (Å²) >= 11 is 0. The fraction of sp³-hybridized carbons (Fsp3) is 0.467. The van der Waals surface area contributed by atoms with Crippen molar-refractivity contribution in [3.05, 3.63) is 30.3 Å². The Morgan fingerprint density at radius 2 is 1.76 bits per heavy atom. The van der Waals surface area contributed by atoms with E-state index in [1.165, 1.54) is 31.2 Å². The van der Waals surface area contributed by atoms with E-state index in [4.69, 9.17) is 0 Å². The number of hydrogen-bond acceptors (Lipinski definition) is 5. The Kier molecular flexibility index (Phi) is 6.55. The van der Waals surface area contributed by atoms with Crippen molar-refractivity contribution in [3.8, 4) is 0 Å². The molecule has 0 fully saturated rings. The minimum Gasteiger partial charge on any atom is -0.341 e. The lowest BCUT2D eigenvalue weighted by molar-refractivity contribution is -0.142. The maximum atomic E-state index is 11.9. The molecule has 0 bridgehead atoms. The third-order valence-corrected chi connectivity index (χ3v) is 4.32. The van der Waals surface area contributed by atoms with Gasteiger partial charge in [0.05, 0.1) is 0 Å². The molecule has 0 aliphatic heterocycles. The van der Waals surface area contributed by atoms with Gasteiger partial charge in [0, 0.05) is 6.42 Å². The Labute approximate surface area is 125 Å². The zero-order valence-corrected chi connectivity index (χ0v) is 13.1. The molecule has 0 saturated carbocycles. The van der Waals surface area contributed by atoms with Crippen LogP contribution in [0.5, 0.6) is 0 Å². The van der Waals surface area contributed by atoms with Crippen LogP contribution in [0.3, 0.4) is 0 Å². The highest BCUT2D eigenvalue weighted by atomic mass is 32.2. The quantitative estimate of drug-likeness (QED) is 0.419. The van der Waals surface area contributed by atoms with E-state index in [1.807, 2.05) is 6.92 Å². The Balaban J connectivity index is 2.66. The average Bonchev–Trinajstić information content (AvgIpc) is 2.47. The molecule has 1 unspecified atom stereocenters. The maximum absolute atomic E-state index is 11.9. The van der Waals surface area contributed by atoms with E-state index in [-0.39, 0.29) is 17.1 Å². The van der Waals surface area contributed by atoms with Crippen LogP contribution in [0.15, 0.2) is 35.2 Å². The van der Waals surface area contributed by atoms with Crippen molar-refractivity contribution in [2.75, 3.05) is 0 Å². The van der Waals surface area contributed by atoms with Gasteiger partial charge in [0.1, 0.15) is 16.6 Å². The molecule has 0 spiro atoms. The molecule has 5 nitrogen and oxygen atoms in total. The van der Waals surface area contributed by atoms with Crippen molar-refractivity contribution in [3.63, 3.8) is 0 Å². The lowest BCUT2D eigenvalue weighted by Crippen LogP contribution is -2.25. The van der Waals surface area contributed by atoms with Crippen LogP contribution in [0.4, 0.5) is 0 Å². The van der Waals surface area contributed by atoms with E-state index < -0.39 is 22.0 Å². The topological polar surface area (TPSA) is 77.5 Å². The van der Waals surface area contributed by atoms with Gasteiger partial charge in [-0.05, 0) is 25.5 Å². The third kappa shape index (κ3) is 5.30. The minimum absolute atomic E-state index is 0.107. The van der Waals surface area contributed by atoms with Crippen LogP contribution in [0.2, 0.25) is 0 Å². The summed E-state index contributed by atoms with van der Waals surface area (Å²) in [6.07, 6.45) is 2.82. The van der Waals surface area contributed by atoms with Gasteiger partial charge in [-0.3, -0.25) is 9.59 Å². The SMILES string of the molecule is CCCCCC(=O)C(C)C(=O)OS(=O)(=O)c1ccccc1. The van der Waals surface area contributed by atoms with Gasteiger partial charge in [0.15, 0.2) is 0 Å². The molecule has 0 N–H and O–H groups in total. The summed E-state index contributed by atoms with van der Waals surface area (Å²) in [7, 11) is -4.16. The molecule has 1 aromatic carbocycles. The van der Waals surface area contributed by atoms with Crippen LogP contribution in [-0.2, 0) is 23.9 Å². The summed E-state index contributed by atoms with van der Waals surface area (Å²) in [6, 6.07) is 7.37. The number of Topliss-reactive ketones (excluding diaryl/α,β-unsaturated/α-hetero) is 1. The smallest absolute Gasteiger partial charge is 0.341 e. The van der Waals surface area contributed by atoms with Crippen molar-refractivity contribution in [1.82, 2.24) is 0 Å². The van der Waals surface area contributed by atoms with Gasteiger partial charge in [-0.25, -0.2) is 0 Å². The van der Waals surface area contributed by atoms with Crippen molar-refractivity contribution in [1.29, 1.82) is 0 Å². The van der Waals surface area contributed by atoms with E-state index in [2.05, 4.69) is 4.18 Å². The average molecular weight is 312 g/mol. The molecule has 0 heterocycles. The van der Waals surface area contributed by atoms with Crippen molar-refractivity contribution in [2.24, 2.45) is 5.92 Å². The molecule has 1 aromatic rings. The molecule has 0 amide bonds. The fourth-order valence-electron chi connectivity index (χ4n) is 1.71. The minimum atomic E-state index is -4.16. The van der Waals surface area contributed by atoms with Gasteiger partial charge in [-0.2, -0.15) is 8.42 Å². The van der Waals surface area contributed by atoms with Gasteiger partial charge in [-0.1, -0.05) is 38.0 Å². The maximum Gasteiger partial charge on any atom is 0.341 e. The highest BCUT2D eigenvalue weighted by Crippen LogP contribution is 2.15. The number of carbonyl (C=O) groups excluding carboxylic acids is 2. The van der Waals surface area contributed by atoms with Gasteiger partial charge in [0.2, 0.25) is 0 Å². The normalized spacial score (nSPS) is 12.7. The van der Waals surface area contributed by atoms with Gasteiger partial charge >= 0.3 is 16.1 Å². The second kappa shape index (κ2) is 7.93. The molecule has 1 atom stereocenters. The Morgan fingerprint density at radius 1 is 1.14 bits per heavy atom. The number of rotatable bonds is 8. The van der Waals surface area contributed by atoms with Crippen LogP contribution >= 0.6 is 0 Å². The summed E-state index contributed by atoms with van der Waals surface area (Å²) in [6.45, 7) is 3.38. The second-order valence-electron chi connectivity index (χ2n) is 4.81. The first kappa shape index (κ1) is 17.4. The molecule has 0 aliphatic carbocycles. The summed E-state index contributed by atoms with van der Waals surface area (Å²) < 4.78 is 28.3. The van der Waals surface area contributed by atoms with Crippen LogP contribution in [0, 0.1) is 5.92 Å². The highest BCUT2D eigenvalue weighted by molar-refractivity contribution is 7.87. The van der Waals surface area contributed by atoms with E-state index in [1.54, 1.807) is 6.07 Å². The molecular formula is C15H20O5S. The largest absolute Gasteiger partial charge is 0.341 e. The Hall–Kier alpha value is -1.69. The predicted molar refractivity (Wildman–Crippen MR) is 78.0 cm³/mol. The Bertz CT molecular complexity index is 577. The first-order valence-electron chi connectivity index (χ1n) is 6.94. The van der Waals surface area contributed by atoms with Crippen LogP contribution < -0.4 is 0 Å². The van der Waals surface area contributed by atoms with Crippen LogP contribution in [0.25, 0.3) is 0 Å². The number of unbranched alkanes of at least 4 members (excludes halogenated alkanes) is 2. The number of ketones is 1. The van der Waals surface area contributed by atoms with Crippen LogP contribution in [-0.4, -0.2) is 20.2 Å². The molecule has 6 heteroatoms. The van der Waals surface area contributed by atoms with Gasteiger partial charge < -0.3 is 4.18 Å². The summed E-state index contributed by atoms with van der Waals surface area (Å²) in [5, 5.41) is 0. The molecule has 0 radical (unpaired) electrons. The fourth-order valence-corrected chi connectivity index (χ4v) is 2.66. The monoisotopic (exact) mass is 312 g/mol. The molecule has 21 heavy (non-hydrogen) atoms. The second-order valence-corrected chi connectivity index (χ2v) is 6.36.